The third-order valence-electron chi connectivity index (χ3n) is 3.95. The predicted molar refractivity (Wildman–Crippen MR) is 95.6 cm³/mol. The van der Waals surface area contributed by atoms with Crippen molar-refractivity contribution < 1.29 is 13.4 Å². The Bertz CT molecular complexity index is 716. The molecule has 1 N–H and O–H groups in total. The molecular formula is C19H22FNO2S. The van der Waals surface area contributed by atoms with Crippen molar-refractivity contribution in [2.75, 3.05) is 6.54 Å². The summed E-state index contributed by atoms with van der Waals surface area (Å²) in [6.07, 6.45) is 0.614. The van der Waals surface area contributed by atoms with E-state index in [1.54, 1.807) is 19.1 Å². The molecule has 0 saturated carbocycles. The zero-order valence-corrected chi connectivity index (χ0v) is 14.7. The maximum atomic E-state index is 12.8. The molecule has 0 radical (unpaired) electrons. The Balaban J connectivity index is 1.82. The number of aryl methyl sites for hydroxylation is 1. The molecule has 2 atom stereocenters. The van der Waals surface area contributed by atoms with Gasteiger partial charge in [0.1, 0.15) is 11.1 Å². The van der Waals surface area contributed by atoms with Crippen LogP contribution in [0.1, 0.15) is 23.6 Å². The van der Waals surface area contributed by atoms with Crippen LogP contribution in [0.3, 0.4) is 0 Å². The third-order valence-corrected chi connectivity index (χ3v) is 5.55. The van der Waals surface area contributed by atoms with Gasteiger partial charge in [0.05, 0.1) is 0 Å². The molecule has 0 aliphatic rings. The van der Waals surface area contributed by atoms with Crippen LogP contribution in [-0.2, 0) is 27.8 Å². The quantitative estimate of drug-likeness (QED) is 0.836. The molecule has 0 unspecified atom stereocenters. The number of rotatable bonds is 7. The summed E-state index contributed by atoms with van der Waals surface area (Å²) in [5.41, 5.74) is 3.03. The van der Waals surface area contributed by atoms with Crippen molar-refractivity contribution in [1.82, 2.24) is 5.32 Å². The molecule has 0 spiro atoms. The molecular weight excluding hydrogens is 325 g/mol. The first-order chi connectivity index (χ1) is 11.5. The van der Waals surface area contributed by atoms with Gasteiger partial charge in [0, 0.05) is 23.1 Å². The zero-order valence-electron chi connectivity index (χ0n) is 13.9. The predicted octanol–water partition coefficient (Wildman–Crippen LogP) is 3.13. The lowest BCUT2D eigenvalue weighted by atomic mass is 10.1. The summed E-state index contributed by atoms with van der Waals surface area (Å²) < 4.78 is 25.2. The molecule has 2 rings (SSSR count). The second kappa shape index (κ2) is 8.73. The Hall–Kier alpha value is -2.01. The van der Waals surface area contributed by atoms with Crippen molar-refractivity contribution in [2.45, 2.75) is 31.3 Å². The average Bonchev–Trinajstić information content (AvgIpc) is 2.58. The topological polar surface area (TPSA) is 46.2 Å². The molecule has 2 aromatic rings. The Morgan fingerprint density at radius 3 is 2.50 bits per heavy atom. The fraction of sp³-hybridized carbons (Fsp3) is 0.316. The highest BCUT2D eigenvalue weighted by molar-refractivity contribution is 7.85. The van der Waals surface area contributed by atoms with Crippen LogP contribution in [-0.4, -0.2) is 21.9 Å². The highest BCUT2D eigenvalue weighted by atomic mass is 32.2. The third kappa shape index (κ3) is 5.27. The van der Waals surface area contributed by atoms with Crippen molar-refractivity contribution >= 4 is 16.7 Å². The number of amides is 1. The molecule has 1 amide bonds. The van der Waals surface area contributed by atoms with E-state index in [1.807, 2.05) is 31.2 Å². The first kappa shape index (κ1) is 18.3. The number of halogens is 1. The molecule has 3 nitrogen and oxygen atoms in total. The second-order valence-corrected chi connectivity index (χ2v) is 7.52. The van der Waals surface area contributed by atoms with Gasteiger partial charge in [-0.15, -0.1) is 0 Å². The van der Waals surface area contributed by atoms with Crippen molar-refractivity contribution in [2.24, 2.45) is 0 Å². The number of benzene rings is 2. The summed E-state index contributed by atoms with van der Waals surface area (Å²) in [6, 6.07) is 13.9. The van der Waals surface area contributed by atoms with Crippen LogP contribution < -0.4 is 5.32 Å². The first-order valence-corrected chi connectivity index (χ1v) is 9.29. The van der Waals surface area contributed by atoms with Gasteiger partial charge in [-0.3, -0.25) is 9.00 Å². The normalized spacial score (nSPS) is 13.3. The van der Waals surface area contributed by atoms with Gasteiger partial charge in [0.25, 0.3) is 0 Å². The summed E-state index contributed by atoms with van der Waals surface area (Å²) in [4.78, 5) is 12.1. The number of carbonyl (C=O) groups is 1. The van der Waals surface area contributed by atoms with Gasteiger partial charge >= 0.3 is 0 Å². The SMILES string of the molecule is Cc1ccccc1C[S@@](=O)[C@@H](C)C(=O)NCCc1ccc(F)cc1. The minimum atomic E-state index is -1.27. The van der Waals surface area contributed by atoms with Gasteiger partial charge in [-0.2, -0.15) is 0 Å². The van der Waals surface area contributed by atoms with Crippen LogP contribution >= 0.6 is 0 Å². The van der Waals surface area contributed by atoms with Gasteiger partial charge in [-0.25, -0.2) is 4.39 Å². The standard InChI is InChI=1S/C19H22FNO2S/c1-14-5-3-4-6-17(14)13-24(23)15(2)19(22)21-12-11-16-7-9-18(20)10-8-16/h3-10,15H,11-13H2,1-2H3,(H,21,22)/t15-,24+/m0/s1. The Morgan fingerprint density at radius 2 is 1.83 bits per heavy atom. The highest BCUT2D eigenvalue weighted by Gasteiger charge is 2.20. The van der Waals surface area contributed by atoms with Crippen LogP contribution in [0, 0.1) is 12.7 Å². The Morgan fingerprint density at radius 1 is 1.17 bits per heavy atom. The lowest BCUT2D eigenvalue weighted by Gasteiger charge is -2.13. The lowest BCUT2D eigenvalue weighted by molar-refractivity contribution is -0.120. The van der Waals surface area contributed by atoms with E-state index in [0.717, 1.165) is 16.7 Å². The van der Waals surface area contributed by atoms with Crippen molar-refractivity contribution in [3.63, 3.8) is 0 Å². The monoisotopic (exact) mass is 347 g/mol. The van der Waals surface area contributed by atoms with E-state index in [2.05, 4.69) is 5.32 Å². The minimum Gasteiger partial charge on any atom is -0.355 e. The molecule has 128 valence electrons. The van der Waals surface area contributed by atoms with E-state index in [9.17, 15) is 13.4 Å². The van der Waals surface area contributed by atoms with Crippen molar-refractivity contribution in [1.29, 1.82) is 0 Å². The van der Waals surface area contributed by atoms with E-state index >= 15 is 0 Å². The number of hydrogen-bond acceptors (Lipinski definition) is 2. The van der Waals surface area contributed by atoms with Crippen LogP contribution in [0.4, 0.5) is 4.39 Å². The molecule has 0 saturated heterocycles. The highest BCUT2D eigenvalue weighted by Crippen LogP contribution is 2.12. The Labute approximate surface area is 144 Å². The smallest absolute Gasteiger partial charge is 0.235 e. The van der Waals surface area contributed by atoms with E-state index in [1.165, 1.54) is 12.1 Å². The molecule has 0 aromatic heterocycles. The van der Waals surface area contributed by atoms with E-state index in [-0.39, 0.29) is 11.7 Å². The molecule has 5 heteroatoms. The summed E-state index contributed by atoms with van der Waals surface area (Å²) in [5.74, 6) is -0.119. The molecule has 0 aliphatic heterocycles. The molecule has 0 heterocycles. The van der Waals surface area contributed by atoms with Gasteiger partial charge in [-0.1, -0.05) is 36.4 Å². The molecule has 2 aromatic carbocycles. The van der Waals surface area contributed by atoms with Gasteiger partial charge in [0.15, 0.2) is 0 Å². The van der Waals surface area contributed by atoms with Gasteiger partial charge in [-0.05, 0) is 49.1 Å². The number of hydrogen-bond donors (Lipinski definition) is 1. The molecule has 0 bridgehead atoms. The largest absolute Gasteiger partial charge is 0.355 e. The minimum absolute atomic E-state index is 0.218. The average molecular weight is 347 g/mol. The molecule has 0 aliphatic carbocycles. The molecule has 24 heavy (non-hydrogen) atoms. The molecule has 0 fully saturated rings. The maximum Gasteiger partial charge on any atom is 0.235 e. The maximum absolute atomic E-state index is 12.8. The fourth-order valence-corrected chi connectivity index (χ4v) is 3.50. The van der Waals surface area contributed by atoms with Crippen LogP contribution in [0.5, 0.6) is 0 Å². The summed E-state index contributed by atoms with van der Waals surface area (Å²) in [5, 5.41) is 2.23. The summed E-state index contributed by atoms with van der Waals surface area (Å²) in [7, 11) is -1.27. The van der Waals surface area contributed by atoms with E-state index in [4.69, 9.17) is 0 Å². The number of carbonyl (C=O) groups excluding carboxylic acids is 1. The van der Waals surface area contributed by atoms with Crippen LogP contribution in [0.15, 0.2) is 48.5 Å². The number of nitrogens with one attached hydrogen (secondary N) is 1. The second-order valence-electron chi connectivity index (χ2n) is 5.76. The van der Waals surface area contributed by atoms with E-state index in [0.29, 0.717) is 18.7 Å². The summed E-state index contributed by atoms with van der Waals surface area (Å²) in [6.45, 7) is 4.10. The van der Waals surface area contributed by atoms with Crippen LogP contribution in [0.2, 0.25) is 0 Å². The lowest BCUT2D eigenvalue weighted by Crippen LogP contribution is -2.37. The first-order valence-electron chi connectivity index (χ1n) is 7.91. The van der Waals surface area contributed by atoms with Gasteiger partial charge < -0.3 is 5.32 Å². The van der Waals surface area contributed by atoms with Crippen LogP contribution in [0.25, 0.3) is 0 Å². The Kier molecular flexibility index (Phi) is 6.67. The van der Waals surface area contributed by atoms with Crippen molar-refractivity contribution in [3.8, 4) is 0 Å². The van der Waals surface area contributed by atoms with E-state index < -0.39 is 16.0 Å². The van der Waals surface area contributed by atoms with Crippen molar-refractivity contribution in [3.05, 3.63) is 71.0 Å². The zero-order chi connectivity index (χ0) is 17.5. The fourth-order valence-electron chi connectivity index (χ4n) is 2.29. The van der Waals surface area contributed by atoms with Gasteiger partial charge in [0.2, 0.25) is 5.91 Å². The summed E-state index contributed by atoms with van der Waals surface area (Å²) >= 11 is 0.